The zero-order valence-electron chi connectivity index (χ0n) is 13.5. The smallest absolute Gasteiger partial charge is 0.305 e. The second-order valence-corrected chi connectivity index (χ2v) is 7.21. The average molecular weight is 382 g/mol. The van der Waals surface area contributed by atoms with Gasteiger partial charge in [-0.15, -0.1) is 0 Å². The predicted molar refractivity (Wildman–Crippen MR) is 89.5 cm³/mol. The molecule has 0 radical (unpaired) electrons. The van der Waals surface area contributed by atoms with E-state index in [0.29, 0.717) is 0 Å². The molecule has 0 saturated heterocycles. The van der Waals surface area contributed by atoms with Crippen LogP contribution in [-0.4, -0.2) is 24.4 Å². The number of aryl methyl sites for hydroxylation is 1. The Morgan fingerprint density at radius 1 is 1.27 bits per heavy atom. The standard InChI is InChI=1S/C16H15FN2O6S/c1-10-2-7-13(19(22)23)8-15(10)26(24,25)18-14(9-16(20)21)11-3-5-12(17)6-4-11/h2-8,14,18H,9H2,1H3,(H,20,21)/t14-/m1/s1. The van der Waals surface area contributed by atoms with Gasteiger partial charge in [0.05, 0.1) is 22.3 Å². The molecule has 2 aromatic carbocycles. The summed E-state index contributed by atoms with van der Waals surface area (Å²) in [6.45, 7) is 1.46. The molecule has 26 heavy (non-hydrogen) atoms. The molecule has 0 unspecified atom stereocenters. The third-order valence-corrected chi connectivity index (χ3v) is 5.23. The minimum Gasteiger partial charge on any atom is -0.481 e. The van der Waals surface area contributed by atoms with Crippen molar-refractivity contribution in [2.24, 2.45) is 0 Å². The number of halogens is 1. The van der Waals surface area contributed by atoms with Gasteiger partial charge in [-0.1, -0.05) is 18.2 Å². The van der Waals surface area contributed by atoms with Crippen molar-refractivity contribution in [2.45, 2.75) is 24.3 Å². The van der Waals surface area contributed by atoms with Gasteiger partial charge in [-0.3, -0.25) is 14.9 Å². The first-order chi connectivity index (χ1) is 12.1. The van der Waals surface area contributed by atoms with E-state index in [2.05, 4.69) is 4.72 Å². The fraction of sp³-hybridized carbons (Fsp3) is 0.188. The van der Waals surface area contributed by atoms with Crippen molar-refractivity contribution >= 4 is 21.7 Å². The number of nitro groups is 1. The molecule has 0 aliphatic heterocycles. The normalized spacial score (nSPS) is 12.5. The molecule has 0 bridgehead atoms. The number of nitro benzene ring substituents is 1. The third-order valence-electron chi connectivity index (χ3n) is 3.62. The molecule has 0 amide bonds. The van der Waals surface area contributed by atoms with Gasteiger partial charge in [0.15, 0.2) is 0 Å². The Labute approximate surface area is 148 Å². The molecule has 10 heteroatoms. The van der Waals surface area contributed by atoms with Crippen molar-refractivity contribution in [1.82, 2.24) is 4.72 Å². The molecule has 0 aliphatic rings. The second kappa shape index (κ2) is 7.58. The summed E-state index contributed by atoms with van der Waals surface area (Å²) in [7, 11) is -4.26. The highest BCUT2D eigenvalue weighted by molar-refractivity contribution is 7.89. The zero-order chi connectivity index (χ0) is 19.5. The molecule has 138 valence electrons. The Hall–Kier alpha value is -2.85. The maximum Gasteiger partial charge on any atom is 0.305 e. The topological polar surface area (TPSA) is 127 Å². The van der Waals surface area contributed by atoms with Crippen molar-refractivity contribution in [1.29, 1.82) is 0 Å². The fourth-order valence-corrected chi connectivity index (χ4v) is 3.83. The minimum absolute atomic E-state index is 0.250. The van der Waals surface area contributed by atoms with Crippen molar-refractivity contribution in [3.8, 4) is 0 Å². The largest absolute Gasteiger partial charge is 0.481 e. The summed E-state index contributed by atoms with van der Waals surface area (Å²) < 4.78 is 40.6. The number of rotatable bonds is 7. The van der Waals surface area contributed by atoms with Gasteiger partial charge >= 0.3 is 5.97 Å². The third kappa shape index (κ3) is 4.61. The van der Waals surface area contributed by atoms with Crippen LogP contribution in [0.3, 0.4) is 0 Å². The molecule has 2 aromatic rings. The van der Waals surface area contributed by atoms with E-state index < -0.39 is 44.9 Å². The molecule has 1 atom stereocenters. The lowest BCUT2D eigenvalue weighted by atomic mass is 10.1. The van der Waals surface area contributed by atoms with E-state index in [9.17, 15) is 27.7 Å². The Morgan fingerprint density at radius 3 is 2.42 bits per heavy atom. The van der Waals surface area contributed by atoms with Crippen LogP contribution in [0.25, 0.3) is 0 Å². The highest BCUT2D eigenvalue weighted by Crippen LogP contribution is 2.25. The molecule has 2 N–H and O–H groups in total. The lowest BCUT2D eigenvalue weighted by Gasteiger charge is -2.18. The van der Waals surface area contributed by atoms with Crippen LogP contribution in [0.5, 0.6) is 0 Å². The van der Waals surface area contributed by atoms with Crippen LogP contribution >= 0.6 is 0 Å². The molecule has 8 nitrogen and oxygen atoms in total. The van der Waals surface area contributed by atoms with E-state index in [4.69, 9.17) is 5.11 Å². The summed E-state index contributed by atoms with van der Waals surface area (Å²) in [4.78, 5) is 20.9. The Bertz CT molecular complexity index is 944. The van der Waals surface area contributed by atoms with Crippen molar-refractivity contribution in [3.05, 3.63) is 69.5 Å². The van der Waals surface area contributed by atoms with Gasteiger partial charge in [0.25, 0.3) is 5.69 Å². The Balaban J connectivity index is 2.43. The SMILES string of the molecule is Cc1ccc([N+](=O)[O-])cc1S(=O)(=O)N[C@H](CC(=O)O)c1ccc(F)cc1. The van der Waals surface area contributed by atoms with E-state index in [1.807, 2.05) is 0 Å². The summed E-state index contributed by atoms with van der Waals surface area (Å²) in [6, 6.07) is 6.89. The van der Waals surface area contributed by atoms with E-state index in [1.54, 1.807) is 0 Å². The van der Waals surface area contributed by atoms with Gasteiger partial charge in [0.2, 0.25) is 10.0 Å². The average Bonchev–Trinajstić information content (AvgIpc) is 2.54. The lowest BCUT2D eigenvalue weighted by Crippen LogP contribution is -2.30. The van der Waals surface area contributed by atoms with Gasteiger partial charge in [-0.25, -0.2) is 17.5 Å². The quantitative estimate of drug-likeness (QED) is 0.560. The zero-order valence-corrected chi connectivity index (χ0v) is 14.4. The summed E-state index contributed by atoms with van der Waals surface area (Å²) in [5.74, 6) is -1.82. The van der Waals surface area contributed by atoms with Gasteiger partial charge in [0.1, 0.15) is 5.82 Å². The first-order valence-corrected chi connectivity index (χ1v) is 8.83. The number of non-ortho nitro benzene ring substituents is 1. The lowest BCUT2D eigenvalue weighted by molar-refractivity contribution is -0.385. The fourth-order valence-electron chi connectivity index (χ4n) is 2.34. The first kappa shape index (κ1) is 19.5. The van der Waals surface area contributed by atoms with Crippen molar-refractivity contribution in [2.75, 3.05) is 0 Å². The number of nitrogens with one attached hydrogen (secondary N) is 1. The van der Waals surface area contributed by atoms with Gasteiger partial charge in [-0.2, -0.15) is 0 Å². The van der Waals surface area contributed by atoms with E-state index in [1.165, 1.54) is 31.2 Å². The van der Waals surface area contributed by atoms with Crippen LogP contribution in [0.15, 0.2) is 47.4 Å². The number of carbonyl (C=O) groups is 1. The molecule has 0 heterocycles. The minimum atomic E-state index is -4.26. The van der Waals surface area contributed by atoms with Crippen molar-refractivity contribution < 1.29 is 27.6 Å². The number of benzene rings is 2. The number of hydrogen-bond acceptors (Lipinski definition) is 5. The number of nitrogens with zero attached hydrogens (tertiary/aromatic N) is 1. The van der Waals surface area contributed by atoms with Crippen LogP contribution in [0.1, 0.15) is 23.6 Å². The predicted octanol–water partition coefficient (Wildman–Crippen LogP) is 2.54. The molecule has 0 spiro atoms. The molecular weight excluding hydrogens is 367 g/mol. The van der Waals surface area contributed by atoms with Crippen LogP contribution in [0, 0.1) is 22.9 Å². The molecule has 2 rings (SSSR count). The van der Waals surface area contributed by atoms with Crippen LogP contribution < -0.4 is 4.72 Å². The van der Waals surface area contributed by atoms with Gasteiger partial charge in [0, 0.05) is 12.1 Å². The van der Waals surface area contributed by atoms with Crippen LogP contribution in [-0.2, 0) is 14.8 Å². The molecule has 0 aliphatic carbocycles. The maximum atomic E-state index is 13.1. The second-order valence-electron chi connectivity index (χ2n) is 5.53. The highest BCUT2D eigenvalue weighted by atomic mass is 32.2. The molecule has 0 saturated carbocycles. The maximum absolute atomic E-state index is 13.1. The number of carboxylic acids is 1. The number of hydrogen-bond donors (Lipinski definition) is 2. The summed E-state index contributed by atoms with van der Waals surface area (Å²) in [6.07, 6.45) is -0.584. The van der Waals surface area contributed by atoms with E-state index >= 15 is 0 Å². The number of carboxylic acid groups (broad SMARTS) is 1. The monoisotopic (exact) mass is 382 g/mol. The first-order valence-electron chi connectivity index (χ1n) is 7.35. The highest BCUT2D eigenvalue weighted by Gasteiger charge is 2.26. The summed E-state index contributed by atoms with van der Waals surface area (Å²) in [5, 5.41) is 19.9. The number of sulfonamides is 1. The Morgan fingerprint density at radius 2 is 1.88 bits per heavy atom. The number of aliphatic carboxylic acids is 1. The van der Waals surface area contributed by atoms with Crippen LogP contribution in [0.2, 0.25) is 0 Å². The van der Waals surface area contributed by atoms with Crippen LogP contribution in [0.4, 0.5) is 10.1 Å². The Kier molecular flexibility index (Phi) is 5.68. The molecular formula is C16H15FN2O6S. The van der Waals surface area contributed by atoms with Gasteiger partial charge < -0.3 is 5.11 Å². The summed E-state index contributed by atoms with van der Waals surface area (Å²) in [5.41, 5.74) is 0.101. The van der Waals surface area contributed by atoms with Crippen molar-refractivity contribution in [3.63, 3.8) is 0 Å². The summed E-state index contributed by atoms with van der Waals surface area (Å²) >= 11 is 0. The van der Waals surface area contributed by atoms with Gasteiger partial charge in [-0.05, 0) is 30.2 Å². The van der Waals surface area contributed by atoms with E-state index in [-0.39, 0.29) is 16.0 Å². The van der Waals surface area contributed by atoms with E-state index in [0.717, 1.165) is 18.2 Å². The molecule has 0 fully saturated rings. The molecule has 0 aromatic heterocycles.